The van der Waals surface area contributed by atoms with Gasteiger partial charge in [-0.1, -0.05) is 30.7 Å². The molecule has 3 unspecified atom stereocenters. The Morgan fingerprint density at radius 1 is 1.12 bits per heavy atom. The zero-order valence-corrected chi connectivity index (χ0v) is 9.97. The third-order valence-corrected chi connectivity index (χ3v) is 4.37. The van der Waals surface area contributed by atoms with Gasteiger partial charge in [0.1, 0.15) is 0 Å². The van der Waals surface area contributed by atoms with Crippen molar-refractivity contribution in [2.45, 2.75) is 25.7 Å². The first-order valence-electron chi connectivity index (χ1n) is 6.53. The van der Waals surface area contributed by atoms with Crippen LogP contribution >= 0.6 is 0 Å². The zero-order valence-electron chi connectivity index (χ0n) is 9.97. The van der Waals surface area contributed by atoms with Gasteiger partial charge in [0.15, 0.2) is 0 Å². The van der Waals surface area contributed by atoms with Gasteiger partial charge in [-0.05, 0) is 54.7 Å². The minimum Gasteiger partial charge on any atom is -0.192 e. The molecule has 2 saturated carbocycles. The Labute approximate surface area is 103 Å². The van der Waals surface area contributed by atoms with E-state index in [0.717, 1.165) is 23.3 Å². The van der Waals surface area contributed by atoms with Gasteiger partial charge < -0.3 is 0 Å². The fourth-order valence-electron chi connectivity index (χ4n) is 3.43. The molecule has 0 aromatic heterocycles. The fourth-order valence-corrected chi connectivity index (χ4v) is 3.43. The van der Waals surface area contributed by atoms with Crippen LogP contribution in [-0.2, 0) is 0 Å². The molecular weight excluding hydrogens is 206 g/mol. The Hall–Kier alpha value is -1.55. The summed E-state index contributed by atoms with van der Waals surface area (Å²) in [4.78, 5) is 0. The first-order valence-corrected chi connectivity index (χ1v) is 6.53. The molecule has 1 aromatic carbocycles. The van der Waals surface area contributed by atoms with Gasteiger partial charge in [-0.25, -0.2) is 0 Å². The predicted octanol–water partition coefficient (Wildman–Crippen LogP) is 4.01. The summed E-state index contributed by atoms with van der Waals surface area (Å²) in [5.41, 5.74) is 1.95. The lowest BCUT2D eigenvalue weighted by Gasteiger charge is -2.17. The maximum absolute atomic E-state index is 8.73. The molecule has 2 aliphatic rings. The largest absolute Gasteiger partial charge is 0.192 e. The van der Waals surface area contributed by atoms with E-state index in [0.29, 0.717) is 0 Å². The second-order valence-corrected chi connectivity index (χ2v) is 5.43. The number of nitrogens with zero attached hydrogens (tertiary/aromatic N) is 1. The van der Waals surface area contributed by atoms with E-state index in [4.69, 9.17) is 5.26 Å². The Morgan fingerprint density at radius 2 is 1.94 bits per heavy atom. The molecule has 86 valence electrons. The van der Waals surface area contributed by atoms with Crippen molar-refractivity contribution in [3.8, 4) is 6.07 Å². The lowest BCUT2D eigenvalue weighted by Crippen LogP contribution is -2.06. The van der Waals surface area contributed by atoms with E-state index in [2.05, 4.69) is 18.2 Å². The number of hydrogen-bond acceptors (Lipinski definition) is 1. The van der Waals surface area contributed by atoms with E-state index in [1.165, 1.54) is 31.2 Å². The van der Waals surface area contributed by atoms with Gasteiger partial charge in [0.25, 0.3) is 0 Å². The maximum atomic E-state index is 8.73. The van der Waals surface area contributed by atoms with Crippen molar-refractivity contribution >= 4 is 6.08 Å². The molecule has 0 saturated heterocycles. The molecule has 0 N–H and O–H groups in total. The third-order valence-electron chi connectivity index (χ3n) is 4.37. The number of nitriles is 1. The number of rotatable bonds is 2. The first-order chi connectivity index (χ1) is 8.35. The minimum absolute atomic E-state index is 0.738. The minimum atomic E-state index is 0.738. The second-order valence-electron chi connectivity index (χ2n) is 5.43. The van der Waals surface area contributed by atoms with Gasteiger partial charge in [-0.3, -0.25) is 0 Å². The molecule has 0 radical (unpaired) electrons. The van der Waals surface area contributed by atoms with Crippen LogP contribution in [0.4, 0.5) is 0 Å². The summed E-state index contributed by atoms with van der Waals surface area (Å²) in [5, 5.41) is 8.73. The lowest BCUT2D eigenvalue weighted by molar-refractivity contribution is 0.396. The van der Waals surface area contributed by atoms with Crippen LogP contribution in [0.15, 0.2) is 30.3 Å². The van der Waals surface area contributed by atoms with E-state index >= 15 is 0 Å². The van der Waals surface area contributed by atoms with Crippen LogP contribution in [0.3, 0.4) is 0 Å². The topological polar surface area (TPSA) is 23.8 Å². The van der Waals surface area contributed by atoms with Gasteiger partial charge in [-0.2, -0.15) is 5.26 Å². The molecule has 2 aliphatic carbocycles. The summed E-state index contributed by atoms with van der Waals surface area (Å²) in [5.74, 6) is 2.77. The fraction of sp³-hybridized carbons (Fsp3) is 0.438. The van der Waals surface area contributed by atoms with Gasteiger partial charge in [0, 0.05) is 0 Å². The summed E-state index contributed by atoms with van der Waals surface area (Å²) in [6.07, 6.45) is 10.4. The number of fused-ring (bicyclic) bond motifs is 2. The van der Waals surface area contributed by atoms with Gasteiger partial charge in [0.2, 0.25) is 0 Å². The third kappa shape index (κ3) is 2.13. The Morgan fingerprint density at radius 3 is 2.53 bits per heavy atom. The molecule has 1 aromatic rings. The van der Waals surface area contributed by atoms with Crippen molar-refractivity contribution in [2.24, 2.45) is 17.8 Å². The van der Waals surface area contributed by atoms with Crippen LogP contribution in [-0.4, -0.2) is 0 Å². The Bertz CT molecular complexity index is 463. The quantitative estimate of drug-likeness (QED) is 0.743. The van der Waals surface area contributed by atoms with E-state index in [9.17, 15) is 0 Å². The monoisotopic (exact) mass is 223 g/mol. The molecule has 2 bridgehead atoms. The highest BCUT2D eigenvalue weighted by Crippen LogP contribution is 2.48. The normalized spacial score (nSPS) is 30.9. The van der Waals surface area contributed by atoms with Gasteiger partial charge >= 0.3 is 0 Å². The summed E-state index contributed by atoms with van der Waals surface area (Å²) in [6.45, 7) is 0. The summed E-state index contributed by atoms with van der Waals surface area (Å²) in [7, 11) is 0. The van der Waals surface area contributed by atoms with Crippen LogP contribution in [0, 0.1) is 29.1 Å². The lowest BCUT2D eigenvalue weighted by atomic mass is 9.88. The molecule has 17 heavy (non-hydrogen) atoms. The molecule has 0 amide bonds. The van der Waals surface area contributed by atoms with Crippen molar-refractivity contribution in [3.05, 3.63) is 41.5 Å². The number of hydrogen-bond donors (Lipinski definition) is 0. The molecule has 0 aliphatic heterocycles. The van der Waals surface area contributed by atoms with E-state index < -0.39 is 0 Å². The average Bonchev–Trinajstić information content (AvgIpc) is 2.99. The SMILES string of the molecule is N#Cc1ccc(/C=C/C2CC3CCC2C3)cc1. The smallest absolute Gasteiger partial charge is 0.0991 e. The van der Waals surface area contributed by atoms with Gasteiger partial charge in [-0.15, -0.1) is 0 Å². The van der Waals surface area contributed by atoms with Crippen molar-refractivity contribution in [1.82, 2.24) is 0 Å². The Balaban J connectivity index is 1.68. The molecule has 2 fully saturated rings. The molecule has 3 rings (SSSR count). The highest BCUT2D eigenvalue weighted by atomic mass is 14.4. The molecule has 1 heteroatoms. The van der Waals surface area contributed by atoms with Crippen LogP contribution in [0.1, 0.15) is 36.8 Å². The van der Waals surface area contributed by atoms with E-state index in [-0.39, 0.29) is 0 Å². The van der Waals surface area contributed by atoms with Gasteiger partial charge in [0.05, 0.1) is 11.6 Å². The summed E-state index contributed by atoms with van der Waals surface area (Å²) < 4.78 is 0. The van der Waals surface area contributed by atoms with Crippen LogP contribution < -0.4 is 0 Å². The molecule has 0 spiro atoms. The standard InChI is InChI=1S/C16H17N/c17-11-13-3-1-12(2-4-13)5-7-15-9-14-6-8-16(15)10-14/h1-5,7,14-16H,6,8-10H2/b7-5+. The highest BCUT2D eigenvalue weighted by molar-refractivity contribution is 5.51. The Kier molecular flexibility index (Phi) is 2.73. The van der Waals surface area contributed by atoms with Crippen LogP contribution in [0.25, 0.3) is 6.08 Å². The van der Waals surface area contributed by atoms with Crippen molar-refractivity contribution in [3.63, 3.8) is 0 Å². The molecule has 1 nitrogen and oxygen atoms in total. The molecule has 0 heterocycles. The molecular formula is C16H17N. The van der Waals surface area contributed by atoms with Crippen LogP contribution in [0.2, 0.25) is 0 Å². The zero-order chi connectivity index (χ0) is 11.7. The summed E-state index contributed by atoms with van der Waals surface area (Å²) in [6, 6.07) is 9.99. The van der Waals surface area contributed by atoms with Crippen LogP contribution in [0.5, 0.6) is 0 Å². The van der Waals surface area contributed by atoms with Crippen molar-refractivity contribution < 1.29 is 0 Å². The summed E-state index contributed by atoms with van der Waals surface area (Å²) >= 11 is 0. The molecule has 3 atom stereocenters. The number of benzene rings is 1. The maximum Gasteiger partial charge on any atom is 0.0991 e. The van der Waals surface area contributed by atoms with Crippen molar-refractivity contribution in [1.29, 1.82) is 5.26 Å². The van der Waals surface area contributed by atoms with Crippen molar-refractivity contribution in [2.75, 3.05) is 0 Å². The predicted molar refractivity (Wildman–Crippen MR) is 69.1 cm³/mol. The number of allylic oxidation sites excluding steroid dienone is 1. The average molecular weight is 223 g/mol. The second kappa shape index (κ2) is 4.37. The highest BCUT2D eigenvalue weighted by Gasteiger charge is 2.37. The van der Waals surface area contributed by atoms with E-state index in [1.807, 2.05) is 24.3 Å². The van der Waals surface area contributed by atoms with E-state index in [1.54, 1.807) is 0 Å². The first kappa shape index (κ1) is 10.6.